The highest BCUT2D eigenvalue weighted by atomic mass is 19.4. The van der Waals surface area contributed by atoms with Crippen LogP contribution in [0.15, 0.2) is 42.9 Å². The first-order valence-corrected chi connectivity index (χ1v) is 8.52. The average Bonchev–Trinajstić information content (AvgIpc) is 3.32. The van der Waals surface area contributed by atoms with Crippen LogP contribution in [0.25, 0.3) is 22.2 Å². The molecule has 0 saturated heterocycles. The monoisotopic (exact) mass is 411 g/mol. The van der Waals surface area contributed by atoms with Crippen molar-refractivity contribution in [1.29, 1.82) is 5.26 Å². The van der Waals surface area contributed by atoms with Gasteiger partial charge in [-0.1, -0.05) is 0 Å². The van der Waals surface area contributed by atoms with E-state index in [0.29, 0.717) is 10.9 Å². The van der Waals surface area contributed by atoms with Crippen molar-refractivity contribution in [3.05, 3.63) is 59.8 Å². The van der Waals surface area contributed by atoms with Gasteiger partial charge in [-0.25, -0.2) is 14.6 Å². The molecular formula is C19H12F3N7O. The summed E-state index contributed by atoms with van der Waals surface area (Å²) < 4.78 is 41.6. The predicted octanol–water partition coefficient (Wildman–Crippen LogP) is 3.50. The maximum Gasteiger partial charge on any atom is 0.417 e. The molecule has 0 aliphatic heterocycles. The molecule has 1 aromatic carbocycles. The van der Waals surface area contributed by atoms with Gasteiger partial charge in [0.1, 0.15) is 12.1 Å². The minimum atomic E-state index is -4.59. The average molecular weight is 411 g/mol. The fourth-order valence-corrected chi connectivity index (χ4v) is 3.00. The molecular weight excluding hydrogens is 399 g/mol. The number of rotatable bonds is 3. The van der Waals surface area contributed by atoms with Crippen molar-refractivity contribution in [2.75, 3.05) is 5.32 Å². The molecule has 4 aromatic rings. The molecule has 0 unspecified atom stereocenters. The van der Waals surface area contributed by atoms with Crippen molar-refractivity contribution in [3.8, 4) is 17.3 Å². The van der Waals surface area contributed by atoms with E-state index >= 15 is 0 Å². The van der Waals surface area contributed by atoms with E-state index in [0.717, 1.165) is 12.1 Å². The predicted molar refractivity (Wildman–Crippen MR) is 100 cm³/mol. The Kier molecular flexibility index (Phi) is 4.46. The van der Waals surface area contributed by atoms with E-state index in [4.69, 9.17) is 5.26 Å². The van der Waals surface area contributed by atoms with Crippen LogP contribution in [0.1, 0.15) is 21.7 Å². The van der Waals surface area contributed by atoms with Crippen LogP contribution in [0.2, 0.25) is 0 Å². The molecule has 3 heterocycles. The number of aromatic amines is 1. The Morgan fingerprint density at radius 3 is 2.70 bits per heavy atom. The van der Waals surface area contributed by atoms with Crippen LogP contribution < -0.4 is 5.32 Å². The highest BCUT2D eigenvalue weighted by Crippen LogP contribution is 2.38. The summed E-state index contributed by atoms with van der Waals surface area (Å²) in [6.45, 7) is 0. The number of carbonyl (C=O) groups is 1. The first-order valence-electron chi connectivity index (χ1n) is 8.52. The summed E-state index contributed by atoms with van der Waals surface area (Å²) in [7, 11) is 1.56. The Morgan fingerprint density at radius 1 is 1.23 bits per heavy atom. The summed E-state index contributed by atoms with van der Waals surface area (Å²) in [6.07, 6.45) is -1.94. The molecule has 0 fully saturated rings. The molecule has 8 nitrogen and oxygen atoms in total. The molecule has 3 aromatic heterocycles. The molecule has 0 radical (unpaired) electrons. The van der Waals surface area contributed by atoms with Crippen LogP contribution in [0.3, 0.4) is 0 Å². The van der Waals surface area contributed by atoms with Gasteiger partial charge in [0.25, 0.3) is 5.91 Å². The van der Waals surface area contributed by atoms with Gasteiger partial charge in [-0.05, 0) is 24.3 Å². The maximum atomic E-state index is 13.4. The molecule has 1 amide bonds. The Bertz CT molecular complexity index is 1310. The number of benzene rings is 1. The van der Waals surface area contributed by atoms with Crippen molar-refractivity contribution in [3.63, 3.8) is 0 Å². The highest BCUT2D eigenvalue weighted by molar-refractivity contribution is 6.02. The molecule has 2 N–H and O–H groups in total. The second-order valence-electron chi connectivity index (χ2n) is 6.37. The summed E-state index contributed by atoms with van der Waals surface area (Å²) in [6, 6.07) is 8.02. The molecule has 4 rings (SSSR count). The number of H-pyrrole nitrogens is 1. The normalized spacial score (nSPS) is 11.4. The molecule has 30 heavy (non-hydrogen) atoms. The van der Waals surface area contributed by atoms with Crippen molar-refractivity contribution >= 4 is 22.6 Å². The number of fused-ring (bicyclic) bond motifs is 1. The van der Waals surface area contributed by atoms with Crippen molar-refractivity contribution < 1.29 is 18.0 Å². The van der Waals surface area contributed by atoms with Crippen LogP contribution >= 0.6 is 0 Å². The van der Waals surface area contributed by atoms with Gasteiger partial charge in [0.2, 0.25) is 5.82 Å². The molecule has 0 bridgehead atoms. The molecule has 11 heteroatoms. The Labute approximate surface area is 167 Å². The van der Waals surface area contributed by atoms with Gasteiger partial charge in [0, 0.05) is 36.0 Å². The van der Waals surface area contributed by atoms with Crippen LogP contribution in [0, 0.1) is 11.3 Å². The lowest BCUT2D eigenvalue weighted by molar-refractivity contribution is -0.137. The molecule has 0 aliphatic rings. The van der Waals surface area contributed by atoms with Gasteiger partial charge in [-0.15, -0.1) is 0 Å². The highest BCUT2D eigenvalue weighted by Gasteiger charge is 2.34. The first-order chi connectivity index (χ1) is 14.3. The van der Waals surface area contributed by atoms with E-state index in [1.807, 2.05) is 6.07 Å². The van der Waals surface area contributed by atoms with Crippen LogP contribution in [-0.4, -0.2) is 30.6 Å². The number of alkyl halides is 3. The van der Waals surface area contributed by atoms with Crippen LogP contribution in [0.4, 0.5) is 19.0 Å². The van der Waals surface area contributed by atoms with Gasteiger partial charge in [0.15, 0.2) is 0 Å². The van der Waals surface area contributed by atoms with Gasteiger partial charge in [-0.3, -0.25) is 4.79 Å². The van der Waals surface area contributed by atoms with Crippen molar-refractivity contribution in [1.82, 2.24) is 24.7 Å². The zero-order valence-electron chi connectivity index (χ0n) is 15.3. The third kappa shape index (κ3) is 3.46. The lowest BCUT2D eigenvalue weighted by atomic mass is 10.0. The van der Waals surface area contributed by atoms with Crippen molar-refractivity contribution in [2.24, 2.45) is 7.05 Å². The number of pyridine rings is 1. The number of nitriles is 1. The van der Waals surface area contributed by atoms with Gasteiger partial charge in [-0.2, -0.15) is 23.5 Å². The lowest BCUT2D eigenvalue weighted by Gasteiger charge is -2.12. The number of nitrogens with zero attached hydrogens (tertiary/aromatic N) is 5. The number of aryl methyl sites for hydroxylation is 1. The fourth-order valence-electron chi connectivity index (χ4n) is 3.00. The molecule has 0 atom stereocenters. The van der Waals surface area contributed by atoms with E-state index in [1.54, 1.807) is 7.05 Å². The summed E-state index contributed by atoms with van der Waals surface area (Å²) in [5.74, 6) is -0.271. The van der Waals surface area contributed by atoms with E-state index in [2.05, 4.69) is 25.4 Å². The fraction of sp³-hybridized carbons (Fsp3) is 0.105. The number of carbonyl (C=O) groups excluding carboxylic acids is 1. The molecule has 0 aliphatic carbocycles. The smallest absolute Gasteiger partial charge is 0.354 e. The molecule has 0 saturated carbocycles. The Hall–Kier alpha value is -4.20. The minimum absolute atomic E-state index is 0.0761. The third-order valence-corrected chi connectivity index (χ3v) is 4.40. The quantitative estimate of drug-likeness (QED) is 0.536. The number of amides is 1. The maximum absolute atomic E-state index is 13.4. The largest absolute Gasteiger partial charge is 0.417 e. The van der Waals surface area contributed by atoms with Gasteiger partial charge in [0.05, 0.1) is 22.7 Å². The van der Waals surface area contributed by atoms with E-state index < -0.39 is 17.6 Å². The Balaban J connectivity index is 1.73. The number of anilines is 1. The number of nitrogens with one attached hydrogen (secondary N) is 2. The number of hydrogen-bond acceptors (Lipinski definition) is 5. The molecule has 150 valence electrons. The van der Waals surface area contributed by atoms with Gasteiger partial charge < -0.3 is 10.3 Å². The summed E-state index contributed by atoms with van der Waals surface area (Å²) in [5, 5.41) is 16.0. The van der Waals surface area contributed by atoms with Crippen LogP contribution in [-0.2, 0) is 13.2 Å². The second-order valence-corrected chi connectivity index (χ2v) is 6.37. The zero-order valence-corrected chi connectivity index (χ0v) is 15.3. The SMILES string of the molecule is Cn1ncnc1C(=O)Nc1cc2[nH]c(-c3cc(C#N)ccc3C(F)(F)F)cc2cn1. The van der Waals surface area contributed by atoms with E-state index in [9.17, 15) is 18.0 Å². The van der Waals surface area contributed by atoms with E-state index in [1.165, 1.54) is 35.4 Å². The summed E-state index contributed by atoms with van der Waals surface area (Å²) in [5.41, 5.74) is -0.276. The lowest BCUT2D eigenvalue weighted by Crippen LogP contribution is -2.18. The molecule has 0 spiro atoms. The van der Waals surface area contributed by atoms with Crippen molar-refractivity contribution in [2.45, 2.75) is 6.18 Å². The summed E-state index contributed by atoms with van der Waals surface area (Å²) >= 11 is 0. The minimum Gasteiger partial charge on any atom is -0.354 e. The number of halogens is 3. The number of hydrogen-bond donors (Lipinski definition) is 2. The Morgan fingerprint density at radius 2 is 2.03 bits per heavy atom. The summed E-state index contributed by atoms with van der Waals surface area (Å²) in [4.78, 5) is 23.1. The zero-order chi connectivity index (χ0) is 21.5. The second kappa shape index (κ2) is 7.00. The number of aromatic nitrogens is 5. The third-order valence-electron chi connectivity index (χ3n) is 4.40. The van der Waals surface area contributed by atoms with Gasteiger partial charge >= 0.3 is 6.18 Å². The van der Waals surface area contributed by atoms with E-state index in [-0.39, 0.29) is 28.5 Å². The standard InChI is InChI=1S/C19H12F3N7O/c1-29-17(25-9-26-29)18(30)28-16-6-14-11(8-24-16)5-15(27-14)12-4-10(7-23)2-3-13(12)19(20,21)22/h2-6,8-9,27H,1H3,(H,24,28,30). The van der Waals surface area contributed by atoms with Crippen LogP contribution in [0.5, 0.6) is 0 Å². The first kappa shape index (κ1) is 19.1. The topological polar surface area (TPSA) is 112 Å².